The lowest BCUT2D eigenvalue weighted by atomic mass is 10.2. The molecule has 1 unspecified atom stereocenters. The molecule has 2 amide bonds. The fraction of sp³-hybridized carbons (Fsp3) is 0.217. The summed E-state index contributed by atoms with van der Waals surface area (Å²) in [4.78, 5) is 32.1. The van der Waals surface area contributed by atoms with Crippen molar-refractivity contribution in [2.75, 3.05) is 11.9 Å². The molecule has 156 valence electrons. The lowest BCUT2D eigenvalue weighted by molar-refractivity contribution is -0.119. The van der Waals surface area contributed by atoms with E-state index in [0.717, 1.165) is 22.2 Å². The zero-order valence-electron chi connectivity index (χ0n) is 16.8. The van der Waals surface area contributed by atoms with Gasteiger partial charge in [0, 0.05) is 12.7 Å². The molecule has 1 N–H and O–H groups in total. The van der Waals surface area contributed by atoms with Gasteiger partial charge in [-0.3, -0.25) is 14.3 Å². The highest BCUT2D eigenvalue weighted by atomic mass is 32.1. The molecule has 0 bridgehead atoms. The molecule has 1 aliphatic heterocycles. The van der Waals surface area contributed by atoms with Crippen LogP contribution in [0.1, 0.15) is 28.8 Å². The highest BCUT2D eigenvalue weighted by molar-refractivity contribution is 7.22. The number of carbonyl (C=O) groups excluding carboxylic acids is 2. The van der Waals surface area contributed by atoms with Crippen LogP contribution in [-0.2, 0) is 11.3 Å². The summed E-state index contributed by atoms with van der Waals surface area (Å²) in [6, 6.07) is 17.2. The van der Waals surface area contributed by atoms with E-state index in [2.05, 4.69) is 15.4 Å². The molecule has 0 aliphatic carbocycles. The Kier molecular flexibility index (Phi) is 5.21. The average molecular weight is 432 g/mol. The SMILES string of the molecule is O=C(Nc1nc2ccccc2s1)C1CCCN1C(=O)c1cnn(Cc2ccccc2)c1. The van der Waals surface area contributed by atoms with E-state index in [1.54, 1.807) is 22.0 Å². The molecule has 0 radical (unpaired) electrons. The molecule has 1 saturated heterocycles. The second kappa shape index (κ2) is 8.31. The van der Waals surface area contributed by atoms with Gasteiger partial charge in [0.25, 0.3) is 5.91 Å². The van der Waals surface area contributed by atoms with Gasteiger partial charge in [0.2, 0.25) is 5.91 Å². The summed E-state index contributed by atoms with van der Waals surface area (Å²) >= 11 is 1.43. The molecule has 3 heterocycles. The molecule has 0 spiro atoms. The molecule has 31 heavy (non-hydrogen) atoms. The first kappa shape index (κ1) is 19.4. The third kappa shape index (κ3) is 4.06. The first-order valence-corrected chi connectivity index (χ1v) is 11.0. The minimum absolute atomic E-state index is 0.165. The van der Waals surface area contributed by atoms with Gasteiger partial charge >= 0.3 is 0 Å². The summed E-state index contributed by atoms with van der Waals surface area (Å²) in [6.45, 7) is 1.15. The molecular formula is C23H21N5O2S. The van der Waals surface area contributed by atoms with Crippen LogP contribution in [-0.4, -0.2) is 44.1 Å². The summed E-state index contributed by atoms with van der Waals surface area (Å²) in [5.41, 5.74) is 2.46. The molecule has 1 aliphatic rings. The van der Waals surface area contributed by atoms with Gasteiger partial charge in [-0.2, -0.15) is 5.10 Å². The van der Waals surface area contributed by atoms with Gasteiger partial charge in [0.1, 0.15) is 6.04 Å². The predicted octanol–water partition coefficient (Wildman–Crippen LogP) is 3.78. The van der Waals surface area contributed by atoms with Crippen molar-refractivity contribution in [3.8, 4) is 0 Å². The second-order valence-corrected chi connectivity index (χ2v) is 8.58. The number of amides is 2. The Balaban J connectivity index is 1.28. The largest absolute Gasteiger partial charge is 0.327 e. The number of carbonyl (C=O) groups is 2. The molecular weight excluding hydrogens is 410 g/mol. The van der Waals surface area contributed by atoms with Gasteiger partial charge in [0.15, 0.2) is 5.13 Å². The standard InChI is InChI=1S/C23H21N5O2S/c29-21(26-23-25-18-9-4-5-11-20(18)31-23)19-10-6-12-28(19)22(30)17-13-24-27(15-17)14-16-7-2-1-3-8-16/h1-5,7-9,11,13,15,19H,6,10,12,14H2,(H,25,26,29). The van der Waals surface area contributed by atoms with E-state index in [0.29, 0.717) is 30.2 Å². The number of fused-ring (bicyclic) bond motifs is 1. The van der Waals surface area contributed by atoms with Crippen molar-refractivity contribution in [3.05, 3.63) is 78.1 Å². The van der Waals surface area contributed by atoms with Gasteiger partial charge < -0.3 is 10.2 Å². The van der Waals surface area contributed by atoms with Crippen molar-refractivity contribution < 1.29 is 9.59 Å². The van der Waals surface area contributed by atoms with Crippen molar-refractivity contribution in [2.45, 2.75) is 25.4 Å². The van der Waals surface area contributed by atoms with Crippen LogP contribution in [0.15, 0.2) is 67.0 Å². The number of nitrogens with one attached hydrogen (secondary N) is 1. The van der Waals surface area contributed by atoms with Gasteiger partial charge in [-0.05, 0) is 30.5 Å². The summed E-state index contributed by atoms with van der Waals surface area (Å²) in [5, 5.41) is 7.78. The Morgan fingerprint density at radius 2 is 1.90 bits per heavy atom. The summed E-state index contributed by atoms with van der Waals surface area (Å²) in [5.74, 6) is -0.358. The number of para-hydroxylation sites is 1. The van der Waals surface area contributed by atoms with E-state index in [1.165, 1.54) is 11.3 Å². The number of anilines is 1. The molecule has 1 fully saturated rings. The molecule has 7 nitrogen and oxygen atoms in total. The second-order valence-electron chi connectivity index (χ2n) is 7.54. The Labute approximate surface area is 183 Å². The molecule has 4 aromatic rings. The van der Waals surface area contributed by atoms with E-state index in [4.69, 9.17) is 0 Å². The van der Waals surface area contributed by atoms with Crippen LogP contribution in [0.4, 0.5) is 5.13 Å². The zero-order valence-corrected chi connectivity index (χ0v) is 17.6. The first-order valence-electron chi connectivity index (χ1n) is 10.2. The third-order valence-corrected chi connectivity index (χ3v) is 6.36. The number of likely N-dealkylation sites (tertiary alicyclic amines) is 1. The summed E-state index contributed by atoms with van der Waals surface area (Å²) < 4.78 is 2.76. The Morgan fingerprint density at radius 3 is 2.74 bits per heavy atom. The van der Waals surface area contributed by atoms with Gasteiger partial charge in [-0.25, -0.2) is 4.98 Å². The molecule has 0 saturated carbocycles. The maximum Gasteiger partial charge on any atom is 0.257 e. The lowest BCUT2D eigenvalue weighted by Crippen LogP contribution is -2.43. The Hall–Kier alpha value is -3.52. The van der Waals surface area contributed by atoms with E-state index >= 15 is 0 Å². The average Bonchev–Trinajstić information content (AvgIpc) is 3.53. The monoisotopic (exact) mass is 431 g/mol. The van der Waals surface area contributed by atoms with Crippen LogP contribution >= 0.6 is 11.3 Å². The van der Waals surface area contributed by atoms with Crippen molar-refractivity contribution >= 4 is 38.5 Å². The van der Waals surface area contributed by atoms with Crippen molar-refractivity contribution in [1.29, 1.82) is 0 Å². The number of aromatic nitrogens is 3. The van der Waals surface area contributed by atoms with E-state index in [9.17, 15) is 9.59 Å². The van der Waals surface area contributed by atoms with Crippen LogP contribution in [0.25, 0.3) is 10.2 Å². The fourth-order valence-electron chi connectivity index (χ4n) is 3.89. The Bertz CT molecular complexity index is 1200. The summed E-state index contributed by atoms with van der Waals surface area (Å²) in [7, 11) is 0. The predicted molar refractivity (Wildman–Crippen MR) is 120 cm³/mol. The smallest absolute Gasteiger partial charge is 0.257 e. The van der Waals surface area contributed by atoms with Crippen molar-refractivity contribution in [3.63, 3.8) is 0 Å². The first-order chi connectivity index (χ1) is 15.2. The van der Waals surface area contributed by atoms with Gasteiger partial charge in [-0.15, -0.1) is 0 Å². The number of rotatable bonds is 5. The third-order valence-electron chi connectivity index (χ3n) is 5.41. The normalized spacial score (nSPS) is 16.0. The molecule has 2 aromatic carbocycles. The fourth-order valence-corrected chi connectivity index (χ4v) is 4.76. The van der Waals surface area contributed by atoms with Crippen LogP contribution in [0, 0.1) is 0 Å². The Morgan fingerprint density at radius 1 is 1.10 bits per heavy atom. The molecule has 5 rings (SSSR count). The molecule has 8 heteroatoms. The maximum absolute atomic E-state index is 13.1. The zero-order chi connectivity index (χ0) is 21.2. The molecule has 1 atom stereocenters. The van der Waals surface area contributed by atoms with E-state index < -0.39 is 6.04 Å². The van der Waals surface area contributed by atoms with Gasteiger partial charge in [-0.1, -0.05) is 53.8 Å². The van der Waals surface area contributed by atoms with Crippen molar-refractivity contribution in [1.82, 2.24) is 19.7 Å². The number of hydrogen-bond donors (Lipinski definition) is 1. The number of thiazole rings is 1. The summed E-state index contributed by atoms with van der Waals surface area (Å²) in [6.07, 6.45) is 4.75. The minimum Gasteiger partial charge on any atom is -0.327 e. The lowest BCUT2D eigenvalue weighted by Gasteiger charge is -2.22. The van der Waals surface area contributed by atoms with Crippen LogP contribution in [0.2, 0.25) is 0 Å². The molecule has 2 aromatic heterocycles. The number of hydrogen-bond acceptors (Lipinski definition) is 5. The van der Waals surface area contributed by atoms with Crippen LogP contribution in [0.5, 0.6) is 0 Å². The van der Waals surface area contributed by atoms with Gasteiger partial charge in [0.05, 0.1) is 28.5 Å². The number of nitrogens with zero attached hydrogens (tertiary/aromatic N) is 4. The van der Waals surface area contributed by atoms with E-state index in [1.807, 2.05) is 54.6 Å². The topological polar surface area (TPSA) is 80.1 Å². The maximum atomic E-state index is 13.1. The van der Waals surface area contributed by atoms with Crippen LogP contribution < -0.4 is 5.32 Å². The number of benzene rings is 2. The quantitative estimate of drug-likeness (QED) is 0.521. The highest BCUT2D eigenvalue weighted by Gasteiger charge is 2.35. The van der Waals surface area contributed by atoms with E-state index in [-0.39, 0.29) is 11.8 Å². The van der Waals surface area contributed by atoms with Crippen molar-refractivity contribution in [2.24, 2.45) is 0 Å². The minimum atomic E-state index is -0.503. The van der Waals surface area contributed by atoms with Crippen LogP contribution in [0.3, 0.4) is 0 Å². The highest BCUT2D eigenvalue weighted by Crippen LogP contribution is 2.27.